The standard InChI is InChI=1S/C27H30N2S/c1-3-30-23-13-10-20(11-14-23)17-28-19(2)22-12-15-27-25(16-22)24-6-4-5-7-26(24)29(27)18-21-8-9-21/h4-5,7,10-16,21,24,28H,2-3,6,8-9,17-18H2,1H3. The molecule has 1 unspecified atom stereocenters. The molecule has 2 nitrogen and oxygen atoms in total. The Kier molecular flexibility index (Phi) is 5.47. The Balaban J connectivity index is 1.31. The van der Waals surface area contributed by atoms with Crippen molar-refractivity contribution in [2.75, 3.05) is 17.2 Å². The molecule has 1 N–H and O–H groups in total. The molecule has 2 aliphatic carbocycles. The maximum absolute atomic E-state index is 4.34. The Morgan fingerprint density at radius 2 is 2.00 bits per heavy atom. The van der Waals surface area contributed by atoms with Gasteiger partial charge >= 0.3 is 0 Å². The van der Waals surface area contributed by atoms with Crippen LogP contribution in [0.5, 0.6) is 0 Å². The summed E-state index contributed by atoms with van der Waals surface area (Å²) >= 11 is 1.88. The quantitative estimate of drug-likeness (QED) is 0.483. The lowest BCUT2D eigenvalue weighted by Crippen LogP contribution is -2.23. The molecule has 3 aliphatic rings. The first-order valence-electron chi connectivity index (χ1n) is 11.2. The summed E-state index contributed by atoms with van der Waals surface area (Å²) in [7, 11) is 0. The van der Waals surface area contributed by atoms with Crippen molar-refractivity contribution in [3.8, 4) is 0 Å². The summed E-state index contributed by atoms with van der Waals surface area (Å²) in [6.07, 6.45) is 10.7. The second-order valence-electron chi connectivity index (χ2n) is 8.54. The Bertz CT molecular complexity index is 998. The van der Waals surface area contributed by atoms with Gasteiger partial charge in [-0.25, -0.2) is 0 Å². The van der Waals surface area contributed by atoms with Gasteiger partial charge in [-0.1, -0.05) is 43.9 Å². The van der Waals surface area contributed by atoms with Crippen LogP contribution in [0, 0.1) is 5.92 Å². The van der Waals surface area contributed by atoms with Gasteiger partial charge in [0.05, 0.1) is 0 Å². The van der Waals surface area contributed by atoms with Crippen molar-refractivity contribution in [3.05, 3.63) is 89.7 Å². The van der Waals surface area contributed by atoms with E-state index < -0.39 is 0 Å². The van der Waals surface area contributed by atoms with Crippen LogP contribution in [0.2, 0.25) is 0 Å². The van der Waals surface area contributed by atoms with E-state index in [0.717, 1.165) is 30.3 Å². The summed E-state index contributed by atoms with van der Waals surface area (Å²) in [6, 6.07) is 15.8. The molecule has 1 aliphatic heterocycles. The van der Waals surface area contributed by atoms with Gasteiger partial charge in [-0.2, -0.15) is 0 Å². The first-order chi connectivity index (χ1) is 14.7. The van der Waals surface area contributed by atoms with Crippen LogP contribution in [0.15, 0.2) is 77.9 Å². The van der Waals surface area contributed by atoms with E-state index in [-0.39, 0.29) is 0 Å². The summed E-state index contributed by atoms with van der Waals surface area (Å²) in [5.74, 6) is 2.49. The van der Waals surface area contributed by atoms with Crippen molar-refractivity contribution in [3.63, 3.8) is 0 Å². The van der Waals surface area contributed by atoms with E-state index in [4.69, 9.17) is 0 Å². The molecule has 5 rings (SSSR count). The highest BCUT2D eigenvalue weighted by molar-refractivity contribution is 7.99. The van der Waals surface area contributed by atoms with Gasteiger partial charge in [0.25, 0.3) is 0 Å². The average Bonchev–Trinajstić information content (AvgIpc) is 3.55. The number of thioether (sulfide) groups is 1. The normalized spacial score (nSPS) is 19.3. The second kappa shape index (κ2) is 8.39. The fraction of sp³-hybridized carbons (Fsp3) is 0.333. The van der Waals surface area contributed by atoms with Crippen LogP contribution in [0.25, 0.3) is 5.70 Å². The molecule has 30 heavy (non-hydrogen) atoms. The van der Waals surface area contributed by atoms with E-state index in [1.54, 1.807) is 0 Å². The van der Waals surface area contributed by atoms with Gasteiger partial charge in [-0.15, -0.1) is 11.8 Å². The molecular formula is C27H30N2S. The van der Waals surface area contributed by atoms with Crippen molar-refractivity contribution in [2.24, 2.45) is 5.92 Å². The monoisotopic (exact) mass is 414 g/mol. The number of hydrogen-bond donors (Lipinski definition) is 1. The molecule has 1 atom stereocenters. The van der Waals surface area contributed by atoms with Crippen LogP contribution >= 0.6 is 11.8 Å². The maximum atomic E-state index is 4.34. The van der Waals surface area contributed by atoms with Gasteiger partial charge in [-0.05, 0) is 78.0 Å². The minimum Gasteiger partial charge on any atom is -0.381 e. The molecule has 0 bridgehead atoms. The highest BCUT2D eigenvalue weighted by Crippen LogP contribution is 2.49. The van der Waals surface area contributed by atoms with Gasteiger partial charge in [-0.3, -0.25) is 0 Å². The van der Waals surface area contributed by atoms with Gasteiger partial charge in [0.2, 0.25) is 0 Å². The third kappa shape index (κ3) is 3.96. The number of allylic oxidation sites excluding steroid dienone is 4. The highest BCUT2D eigenvalue weighted by Gasteiger charge is 2.36. The number of anilines is 1. The second-order valence-corrected chi connectivity index (χ2v) is 9.88. The molecule has 1 fully saturated rings. The fourth-order valence-corrected chi connectivity index (χ4v) is 5.19. The molecule has 0 aromatic heterocycles. The largest absolute Gasteiger partial charge is 0.381 e. The molecule has 0 saturated heterocycles. The predicted octanol–water partition coefficient (Wildman–Crippen LogP) is 6.72. The molecule has 3 heteroatoms. The number of rotatable bonds is 8. The number of nitrogens with zero attached hydrogens (tertiary/aromatic N) is 1. The Morgan fingerprint density at radius 1 is 1.17 bits per heavy atom. The minimum absolute atomic E-state index is 0.500. The summed E-state index contributed by atoms with van der Waals surface area (Å²) in [5.41, 5.74) is 7.85. The Labute approximate surface area is 184 Å². The third-order valence-electron chi connectivity index (χ3n) is 6.36. The summed E-state index contributed by atoms with van der Waals surface area (Å²) in [6.45, 7) is 8.50. The molecule has 1 heterocycles. The van der Waals surface area contributed by atoms with Crippen LogP contribution < -0.4 is 10.2 Å². The zero-order chi connectivity index (χ0) is 20.5. The fourth-order valence-electron chi connectivity index (χ4n) is 4.53. The lowest BCUT2D eigenvalue weighted by atomic mass is 9.91. The van der Waals surface area contributed by atoms with Gasteiger partial charge < -0.3 is 10.2 Å². The van der Waals surface area contributed by atoms with Crippen molar-refractivity contribution >= 4 is 23.1 Å². The van der Waals surface area contributed by atoms with Crippen LogP contribution in [0.3, 0.4) is 0 Å². The molecule has 2 aromatic rings. The smallest absolute Gasteiger partial charge is 0.0448 e. The van der Waals surface area contributed by atoms with Crippen LogP contribution in [-0.2, 0) is 6.54 Å². The molecule has 0 radical (unpaired) electrons. The highest BCUT2D eigenvalue weighted by atomic mass is 32.2. The van der Waals surface area contributed by atoms with Gasteiger partial charge in [0.15, 0.2) is 0 Å². The summed E-state index contributed by atoms with van der Waals surface area (Å²) in [5, 5.41) is 3.54. The lowest BCUT2D eigenvalue weighted by Gasteiger charge is -2.24. The van der Waals surface area contributed by atoms with E-state index >= 15 is 0 Å². The first kappa shape index (κ1) is 19.6. The number of hydrogen-bond acceptors (Lipinski definition) is 3. The lowest BCUT2D eigenvalue weighted by molar-refractivity contribution is 0.743. The van der Waals surface area contributed by atoms with Crippen LogP contribution in [-0.4, -0.2) is 12.3 Å². The van der Waals surface area contributed by atoms with E-state index in [9.17, 15) is 0 Å². The molecule has 0 amide bonds. The third-order valence-corrected chi connectivity index (χ3v) is 7.26. The molecule has 0 spiro atoms. The van der Waals surface area contributed by atoms with Gasteiger partial charge in [0.1, 0.15) is 0 Å². The number of fused-ring (bicyclic) bond motifs is 3. The predicted molar refractivity (Wildman–Crippen MR) is 130 cm³/mol. The van der Waals surface area contributed by atoms with Crippen LogP contribution in [0.1, 0.15) is 48.8 Å². The van der Waals surface area contributed by atoms with Crippen molar-refractivity contribution in [1.82, 2.24) is 5.32 Å². The summed E-state index contributed by atoms with van der Waals surface area (Å²) < 4.78 is 0. The zero-order valence-corrected chi connectivity index (χ0v) is 18.5. The molecule has 154 valence electrons. The number of benzene rings is 2. The topological polar surface area (TPSA) is 15.3 Å². The first-order valence-corrected chi connectivity index (χ1v) is 12.1. The SMILES string of the molecule is C=C(NCc1ccc(SCC)cc1)c1ccc2c(c1)C1CC=CC=C1N2CC1CC1. The van der Waals surface area contributed by atoms with E-state index in [1.165, 1.54) is 52.4 Å². The van der Waals surface area contributed by atoms with Crippen molar-refractivity contribution in [2.45, 2.75) is 43.5 Å². The van der Waals surface area contributed by atoms with E-state index in [1.807, 2.05) is 11.8 Å². The van der Waals surface area contributed by atoms with Crippen LogP contribution in [0.4, 0.5) is 5.69 Å². The molecule has 1 saturated carbocycles. The Hall–Kier alpha value is -2.39. The minimum atomic E-state index is 0.500. The van der Waals surface area contributed by atoms with Crippen molar-refractivity contribution in [1.29, 1.82) is 0 Å². The average molecular weight is 415 g/mol. The van der Waals surface area contributed by atoms with Gasteiger partial charge in [0, 0.05) is 41.0 Å². The number of nitrogens with one attached hydrogen (secondary N) is 1. The maximum Gasteiger partial charge on any atom is 0.0448 e. The summed E-state index contributed by atoms with van der Waals surface area (Å²) in [4.78, 5) is 3.91. The zero-order valence-electron chi connectivity index (χ0n) is 17.7. The molecule has 2 aromatic carbocycles. The van der Waals surface area contributed by atoms with Crippen molar-refractivity contribution < 1.29 is 0 Å². The molecular weight excluding hydrogens is 384 g/mol. The van der Waals surface area contributed by atoms with E-state index in [0.29, 0.717) is 5.92 Å². The van der Waals surface area contributed by atoms with E-state index in [2.05, 4.69) is 84.4 Å². The Morgan fingerprint density at radius 3 is 2.77 bits per heavy atom.